The minimum atomic E-state index is 0.361. The molecule has 0 radical (unpaired) electrons. The Bertz CT molecular complexity index is 513. The van der Waals surface area contributed by atoms with Gasteiger partial charge in [-0.25, -0.2) is 0 Å². The number of ether oxygens (including phenoxy) is 2. The van der Waals surface area contributed by atoms with Gasteiger partial charge in [0.25, 0.3) is 0 Å². The average molecular weight is 254 g/mol. The predicted molar refractivity (Wildman–Crippen MR) is 63.7 cm³/mol. The van der Waals surface area contributed by atoms with E-state index in [1.165, 1.54) is 0 Å². The SMILES string of the molecule is COc1ccc(Cn2cnnc2Cl)cc1OC. The van der Waals surface area contributed by atoms with Crippen LogP contribution in [0.25, 0.3) is 0 Å². The van der Waals surface area contributed by atoms with Gasteiger partial charge >= 0.3 is 0 Å². The van der Waals surface area contributed by atoms with E-state index in [0.29, 0.717) is 23.3 Å². The van der Waals surface area contributed by atoms with Gasteiger partial charge in [-0.05, 0) is 29.3 Å². The Morgan fingerprint density at radius 1 is 1.24 bits per heavy atom. The number of halogens is 1. The van der Waals surface area contributed by atoms with E-state index in [0.717, 1.165) is 5.56 Å². The Morgan fingerprint density at radius 2 is 2.00 bits per heavy atom. The highest BCUT2D eigenvalue weighted by atomic mass is 35.5. The lowest BCUT2D eigenvalue weighted by atomic mass is 10.2. The molecule has 0 saturated heterocycles. The van der Waals surface area contributed by atoms with Gasteiger partial charge in [0.1, 0.15) is 6.33 Å². The summed E-state index contributed by atoms with van der Waals surface area (Å²) in [5.41, 5.74) is 1.03. The second-order valence-electron chi connectivity index (χ2n) is 3.42. The van der Waals surface area contributed by atoms with Gasteiger partial charge in [0.15, 0.2) is 11.5 Å². The van der Waals surface area contributed by atoms with E-state index in [-0.39, 0.29) is 0 Å². The first-order valence-electron chi connectivity index (χ1n) is 4.99. The van der Waals surface area contributed by atoms with E-state index < -0.39 is 0 Å². The first-order chi connectivity index (χ1) is 8.24. The largest absolute Gasteiger partial charge is 0.493 e. The van der Waals surface area contributed by atoms with Crippen molar-refractivity contribution < 1.29 is 9.47 Å². The Labute approximate surface area is 104 Å². The van der Waals surface area contributed by atoms with Crippen molar-refractivity contribution in [2.24, 2.45) is 0 Å². The summed E-state index contributed by atoms with van der Waals surface area (Å²) in [6.07, 6.45) is 1.58. The lowest BCUT2D eigenvalue weighted by Crippen LogP contribution is -1.99. The lowest BCUT2D eigenvalue weighted by molar-refractivity contribution is 0.354. The smallest absolute Gasteiger partial charge is 0.225 e. The van der Waals surface area contributed by atoms with Crippen LogP contribution in [-0.4, -0.2) is 29.0 Å². The van der Waals surface area contributed by atoms with Crippen LogP contribution in [0, 0.1) is 0 Å². The second kappa shape index (κ2) is 5.05. The van der Waals surface area contributed by atoms with E-state index >= 15 is 0 Å². The average Bonchev–Trinajstić information content (AvgIpc) is 2.75. The van der Waals surface area contributed by atoms with E-state index in [2.05, 4.69) is 10.2 Å². The zero-order valence-electron chi connectivity index (χ0n) is 9.55. The van der Waals surface area contributed by atoms with Gasteiger partial charge in [0.05, 0.1) is 20.8 Å². The van der Waals surface area contributed by atoms with Crippen LogP contribution < -0.4 is 9.47 Å². The van der Waals surface area contributed by atoms with Gasteiger partial charge < -0.3 is 9.47 Å². The summed E-state index contributed by atoms with van der Waals surface area (Å²) in [6, 6.07) is 5.69. The van der Waals surface area contributed by atoms with Crippen molar-refractivity contribution in [3.63, 3.8) is 0 Å². The van der Waals surface area contributed by atoms with Crippen LogP contribution in [-0.2, 0) is 6.54 Å². The topological polar surface area (TPSA) is 49.2 Å². The molecule has 6 heteroatoms. The summed E-state index contributed by atoms with van der Waals surface area (Å²) in [6.45, 7) is 0.589. The summed E-state index contributed by atoms with van der Waals surface area (Å²) in [5.74, 6) is 1.39. The van der Waals surface area contributed by atoms with E-state index in [1.54, 1.807) is 25.1 Å². The maximum absolute atomic E-state index is 5.86. The van der Waals surface area contributed by atoms with E-state index in [1.807, 2.05) is 18.2 Å². The second-order valence-corrected chi connectivity index (χ2v) is 3.76. The zero-order valence-corrected chi connectivity index (χ0v) is 10.3. The first-order valence-corrected chi connectivity index (χ1v) is 5.36. The predicted octanol–water partition coefficient (Wildman–Crippen LogP) is 2.00. The molecule has 0 unspecified atom stereocenters. The fourth-order valence-corrected chi connectivity index (χ4v) is 1.67. The van der Waals surface area contributed by atoms with Crippen LogP contribution in [0.3, 0.4) is 0 Å². The zero-order chi connectivity index (χ0) is 12.3. The van der Waals surface area contributed by atoms with Crippen LogP contribution in [0.15, 0.2) is 24.5 Å². The molecule has 2 aromatic rings. The van der Waals surface area contributed by atoms with Crippen molar-refractivity contribution in [1.82, 2.24) is 14.8 Å². The Kier molecular flexibility index (Phi) is 3.49. The Morgan fingerprint density at radius 3 is 2.59 bits per heavy atom. The van der Waals surface area contributed by atoms with Crippen molar-refractivity contribution >= 4 is 11.6 Å². The molecule has 0 atom stereocenters. The molecular formula is C11H12ClN3O2. The number of hydrogen-bond donors (Lipinski definition) is 0. The molecular weight excluding hydrogens is 242 g/mol. The molecule has 0 fully saturated rings. The normalized spacial score (nSPS) is 10.3. The quantitative estimate of drug-likeness (QED) is 0.836. The third-order valence-electron chi connectivity index (χ3n) is 2.37. The van der Waals surface area contributed by atoms with Crippen LogP contribution in [0.5, 0.6) is 11.5 Å². The van der Waals surface area contributed by atoms with Crippen molar-refractivity contribution in [1.29, 1.82) is 0 Å². The molecule has 0 saturated carbocycles. The summed E-state index contributed by atoms with van der Waals surface area (Å²) in [5, 5.41) is 7.79. The van der Waals surface area contributed by atoms with Crippen LogP contribution in [0.1, 0.15) is 5.56 Å². The lowest BCUT2D eigenvalue weighted by Gasteiger charge is -2.09. The number of aromatic nitrogens is 3. The van der Waals surface area contributed by atoms with E-state index in [9.17, 15) is 0 Å². The summed E-state index contributed by atoms with van der Waals surface area (Å²) in [4.78, 5) is 0. The fraction of sp³-hybridized carbons (Fsp3) is 0.273. The molecule has 1 aromatic carbocycles. The maximum Gasteiger partial charge on any atom is 0.225 e. The Hall–Kier alpha value is -1.75. The number of nitrogens with zero attached hydrogens (tertiary/aromatic N) is 3. The monoisotopic (exact) mass is 253 g/mol. The first kappa shape index (κ1) is 11.7. The molecule has 0 N–H and O–H groups in total. The van der Waals surface area contributed by atoms with Crippen molar-refractivity contribution in [3.8, 4) is 11.5 Å². The molecule has 2 rings (SSSR count). The van der Waals surface area contributed by atoms with Gasteiger partial charge in [0, 0.05) is 0 Å². The Balaban J connectivity index is 2.25. The number of hydrogen-bond acceptors (Lipinski definition) is 4. The van der Waals surface area contributed by atoms with Gasteiger partial charge in [-0.1, -0.05) is 6.07 Å². The maximum atomic E-state index is 5.86. The molecule has 1 aromatic heterocycles. The molecule has 90 valence electrons. The molecule has 17 heavy (non-hydrogen) atoms. The van der Waals surface area contributed by atoms with Crippen molar-refractivity contribution in [2.75, 3.05) is 14.2 Å². The minimum absolute atomic E-state index is 0.361. The summed E-state index contributed by atoms with van der Waals surface area (Å²) < 4.78 is 12.1. The molecule has 0 bridgehead atoms. The molecule has 0 aliphatic carbocycles. The van der Waals surface area contributed by atoms with Crippen LogP contribution in [0.4, 0.5) is 0 Å². The summed E-state index contributed by atoms with van der Waals surface area (Å²) >= 11 is 5.86. The molecule has 0 amide bonds. The van der Waals surface area contributed by atoms with Crippen molar-refractivity contribution in [3.05, 3.63) is 35.4 Å². The number of methoxy groups -OCH3 is 2. The van der Waals surface area contributed by atoms with Crippen LogP contribution >= 0.6 is 11.6 Å². The third-order valence-corrected chi connectivity index (χ3v) is 2.66. The number of rotatable bonds is 4. The summed E-state index contributed by atoms with van der Waals surface area (Å²) in [7, 11) is 3.21. The molecule has 0 spiro atoms. The van der Waals surface area contributed by atoms with Gasteiger partial charge in [0.2, 0.25) is 5.28 Å². The highest BCUT2D eigenvalue weighted by molar-refractivity contribution is 6.28. The van der Waals surface area contributed by atoms with E-state index in [4.69, 9.17) is 21.1 Å². The van der Waals surface area contributed by atoms with Gasteiger partial charge in [-0.2, -0.15) is 0 Å². The fourth-order valence-electron chi connectivity index (χ4n) is 1.52. The van der Waals surface area contributed by atoms with Gasteiger partial charge in [-0.3, -0.25) is 4.57 Å². The highest BCUT2D eigenvalue weighted by Gasteiger charge is 2.06. The molecule has 5 nitrogen and oxygen atoms in total. The van der Waals surface area contributed by atoms with Crippen LogP contribution in [0.2, 0.25) is 5.28 Å². The molecule has 1 heterocycles. The van der Waals surface area contributed by atoms with Gasteiger partial charge in [-0.15, -0.1) is 10.2 Å². The molecule has 0 aliphatic rings. The highest BCUT2D eigenvalue weighted by Crippen LogP contribution is 2.27. The standard InChI is InChI=1S/C11H12ClN3O2/c1-16-9-4-3-8(5-10(9)17-2)6-15-7-13-14-11(15)12/h3-5,7H,6H2,1-2H3. The number of benzene rings is 1. The third kappa shape index (κ3) is 2.50. The van der Waals surface area contributed by atoms with Crippen molar-refractivity contribution in [2.45, 2.75) is 6.54 Å². The minimum Gasteiger partial charge on any atom is -0.493 e. The molecule has 0 aliphatic heterocycles.